The zero-order valence-electron chi connectivity index (χ0n) is 13.7. The molecular formula is C18H25NO4. The highest BCUT2D eigenvalue weighted by Crippen LogP contribution is 2.24. The Balaban J connectivity index is 1.87. The van der Waals surface area contributed by atoms with Crippen LogP contribution in [0.4, 0.5) is 0 Å². The maximum Gasteiger partial charge on any atom is 0.306 e. The highest BCUT2D eigenvalue weighted by molar-refractivity contribution is 5.81. The van der Waals surface area contributed by atoms with E-state index in [1.54, 1.807) is 0 Å². The van der Waals surface area contributed by atoms with Crippen molar-refractivity contribution in [1.29, 1.82) is 0 Å². The van der Waals surface area contributed by atoms with Gasteiger partial charge in [0, 0.05) is 6.04 Å². The van der Waals surface area contributed by atoms with E-state index in [1.165, 1.54) is 0 Å². The maximum absolute atomic E-state index is 12.4. The van der Waals surface area contributed by atoms with Crippen molar-refractivity contribution in [3.05, 3.63) is 29.8 Å². The topological polar surface area (TPSA) is 75.6 Å². The van der Waals surface area contributed by atoms with Gasteiger partial charge in [-0.15, -0.1) is 0 Å². The van der Waals surface area contributed by atoms with Crippen LogP contribution in [0.3, 0.4) is 0 Å². The third-order valence-corrected chi connectivity index (χ3v) is 4.35. The minimum atomic E-state index is -0.732. The number of carboxylic acid groups (broad SMARTS) is 1. The molecule has 1 fully saturated rings. The molecule has 1 aliphatic carbocycles. The molecule has 0 radical (unpaired) electrons. The third kappa shape index (κ3) is 4.98. The summed E-state index contributed by atoms with van der Waals surface area (Å²) in [6.45, 7) is 3.90. The molecule has 5 heteroatoms. The average Bonchev–Trinajstić information content (AvgIpc) is 2.53. The van der Waals surface area contributed by atoms with Gasteiger partial charge in [-0.1, -0.05) is 19.1 Å². The standard InChI is InChI=1S/C18H25NO4/c1-3-16(23-15-6-4-5-12(2)11-15)17(20)19-14-9-7-13(8-10-14)18(21)22/h4-6,11,13-14,16H,3,7-10H2,1-2H3,(H,19,20)(H,21,22). The number of rotatable bonds is 6. The molecule has 0 aromatic heterocycles. The van der Waals surface area contributed by atoms with E-state index >= 15 is 0 Å². The molecule has 1 unspecified atom stereocenters. The Bertz CT molecular complexity index is 550. The fourth-order valence-corrected chi connectivity index (χ4v) is 2.95. The van der Waals surface area contributed by atoms with Crippen molar-refractivity contribution in [2.75, 3.05) is 0 Å². The Hall–Kier alpha value is -2.04. The van der Waals surface area contributed by atoms with Crippen LogP contribution in [-0.2, 0) is 9.59 Å². The van der Waals surface area contributed by atoms with Crippen molar-refractivity contribution in [2.45, 2.75) is 58.1 Å². The largest absolute Gasteiger partial charge is 0.481 e. The number of carboxylic acids is 1. The van der Waals surface area contributed by atoms with Gasteiger partial charge >= 0.3 is 5.97 Å². The predicted octanol–water partition coefficient (Wildman–Crippen LogP) is 2.91. The molecule has 23 heavy (non-hydrogen) atoms. The first-order valence-corrected chi connectivity index (χ1v) is 8.26. The number of hydrogen-bond acceptors (Lipinski definition) is 3. The molecule has 2 N–H and O–H groups in total. The summed E-state index contributed by atoms with van der Waals surface area (Å²) in [6.07, 6.45) is 2.73. The number of amides is 1. The molecule has 1 atom stereocenters. The van der Waals surface area contributed by atoms with Crippen LogP contribution in [0.1, 0.15) is 44.6 Å². The Morgan fingerprint density at radius 2 is 2.00 bits per heavy atom. The first-order chi connectivity index (χ1) is 11.0. The number of carbonyl (C=O) groups is 2. The van der Waals surface area contributed by atoms with Crippen LogP contribution < -0.4 is 10.1 Å². The monoisotopic (exact) mass is 319 g/mol. The molecule has 0 bridgehead atoms. The molecule has 1 saturated carbocycles. The first-order valence-electron chi connectivity index (χ1n) is 8.26. The second kappa shape index (κ2) is 7.99. The number of benzene rings is 1. The molecule has 0 saturated heterocycles. The normalized spacial score (nSPS) is 22.2. The quantitative estimate of drug-likeness (QED) is 0.845. The molecule has 5 nitrogen and oxygen atoms in total. The minimum absolute atomic E-state index is 0.0493. The van der Waals surface area contributed by atoms with Gasteiger partial charge < -0.3 is 15.2 Å². The Kier molecular flexibility index (Phi) is 6.02. The molecule has 1 aliphatic rings. The van der Waals surface area contributed by atoms with Crippen LogP contribution in [0.15, 0.2) is 24.3 Å². The minimum Gasteiger partial charge on any atom is -0.481 e. The van der Waals surface area contributed by atoms with Crippen molar-refractivity contribution in [1.82, 2.24) is 5.32 Å². The van der Waals surface area contributed by atoms with E-state index < -0.39 is 12.1 Å². The van der Waals surface area contributed by atoms with E-state index in [0.717, 1.165) is 5.56 Å². The Morgan fingerprint density at radius 3 is 2.57 bits per heavy atom. The fraction of sp³-hybridized carbons (Fsp3) is 0.556. The number of aliphatic carboxylic acids is 1. The van der Waals surface area contributed by atoms with Gasteiger partial charge in [-0.25, -0.2) is 0 Å². The van der Waals surface area contributed by atoms with Crippen molar-refractivity contribution in [2.24, 2.45) is 5.92 Å². The molecular weight excluding hydrogens is 294 g/mol. The number of nitrogens with one attached hydrogen (secondary N) is 1. The van der Waals surface area contributed by atoms with Gasteiger partial charge in [0.15, 0.2) is 6.10 Å². The molecule has 0 aliphatic heterocycles. The average molecular weight is 319 g/mol. The van der Waals surface area contributed by atoms with E-state index in [-0.39, 0.29) is 17.9 Å². The summed E-state index contributed by atoms with van der Waals surface area (Å²) in [5, 5.41) is 12.0. The van der Waals surface area contributed by atoms with Gasteiger partial charge in [0.05, 0.1) is 5.92 Å². The van der Waals surface area contributed by atoms with Crippen molar-refractivity contribution < 1.29 is 19.4 Å². The number of aryl methyl sites for hydroxylation is 1. The summed E-state index contributed by atoms with van der Waals surface area (Å²) in [4.78, 5) is 23.4. The second-order valence-electron chi connectivity index (χ2n) is 6.23. The maximum atomic E-state index is 12.4. The first kappa shape index (κ1) is 17.3. The smallest absolute Gasteiger partial charge is 0.306 e. The van der Waals surface area contributed by atoms with Crippen molar-refractivity contribution >= 4 is 11.9 Å². The molecule has 1 aromatic rings. The van der Waals surface area contributed by atoms with E-state index in [1.807, 2.05) is 38.1 Å². The lowest BCUT2D eigenvalue weighted by Gasteiger charge is -2.28. The van der Waals surface area contributed by atoms with Gasteiger partial charge in [-0.3, -0.25) is 9.59 Å². The van der Waals surface area contributed by atoms with Gasteiger partial charge in [0.1, 0.15) is 5.75 Å². The molecule has 1 amide bonds. The van der Waals surface area contributed by atoms with Gasteiger partial charge in [0.25, 0.3) is 5.91 Å². The number of ether oxygens (including phenoxy) is 1. The Labute approximate surface area is 137 Å². The number of hydrogen-bond donors (Lipinski definition) is 2. The second-order valence-corrected chi connectivity index (χ2v) is 6.23. The summed E-state index contributed by atoms with van der Waals surface area (Å²) >= 11 is 0. The van der Waals surface area contributed by atoms with Gasteiger partial charge in [-0.2, -0.15) is 0 Å². The van der Waals surface area contributed by atoms with Gasteiger partial charge in [0.2, 0.25) is 0 Å². The highest BCUT2D eigenvalue weighted by Gasteiger charge is 2.28. The molecule has 0 spiro atoms. The van der Waals surface area contributed by atoms with E-state index in [2.05, 4.69) is 5.32 Å². The fourth-order valence-electron chi connectivity index (χ4n) is 2.95. The van der Waals surface area contributed by atoms with Crippen LogP contribution in [0.25, 0.3) is 0 Å². The summed E-state index contributed by atoms with van der Waals surface area (Å²) < 4.78 is 5.80. The lowest BCUT2D eigenvalue weighted by molar-refractivity contribution is -0.142. The van der Waals surface area contributed by atoms with Gasteiger partial charge in [-0.05, 0) is 56.7 Å². The van der Waals surface area contributed by atoms with Crippen LogP contribution in [0.2, 0.25) is 0 Å². The summed E-state index contributed by atoms with van der Waals surface area (Å²) in [7, 11) is 0. The zero-order chi connectivity index (χ0) is 16.8. The number of carbonyl (C=O) groups excluding carboxylic acids is 1. The SMILES string of the molecule is CCC(Oc1cccc(C)c1)C(=O)NC1CCC(C(=O)O)CC1. The van der Waals surface area contributed by atoms with Crippen molar-refractivity contribution in [3.8, 4) is 5.75 Å². The predicted molar refractivity (Wildman–Crippen MR) is 87.4 cm³/mol. The molecule has 2 rings (SSSR count). The lowest BCUT2D eigenvalue weighted by atomic mass is 9.86. The van der Waals surface area contributed by atoms with Crippen LogP contribution in [-0.4, -0.2) is 29.1 Å². The summed E-state index contributed by atoms with van der Waals surface area (Å²) in [6, 6.07) is 7.69. The van der Waals surface area contributed by atoms with Crippen LogP contribution >= 0.6 is 0 Å². The van der Waals surface area contributed by atoms with E-state index in [9.17, 15) is 9.59 Å². The Morgan fingerprint density at radius 1 is 1.30 bits per heavy atom. The van der Waals surface area contributed by atoms with Crippen LogP contribution in [0, 0.1) is 12.8 Å². The third-order valence-electron chi connectivity index (χ3n) is 4.35. The molecule has 126 valence electrons. The summed E-state index contributed by atoms with van der Waals surface area (Å²) in [5.74, 6) is -0.424. The van der Waals surface area contributed by atoms with E-state index in [4.69, 9.17) is 9.84 Å². The molecule has 1 aromatic carbocycles. The lowest BCUT2D eigenvalue weighted by Crippen LogP contribution is -2.45. The zero-order valence-corrected chi connectivity index (χ0v) is 13.7. The molecule has 0 heterocycles. The van der Waals surface area contributed by atoms with E-state index in [0.29, 0.717) is 37.9 Å². The highest BCUT2D eigenvalue weighted by atomic mass is 16.5. The van der Waals surface area contributed by atoms with Crippen molar-refractivity contribution in [3.63, 3.8) is 0 Å². The summed E-state index contributed by atoms with van der Waals surface area (Å²) in [5.41, 5.74) is 1.09. The van der Waals surface area contributed by atoms with Crippen LogP contribution in [0.5, 0.6) is 5.75 Å².